The zero-order valence-corrected chi connectivity index (χ0v) is 28.0. The Morgan fingerprint density at radius 2 is 0.860 bits per heavy atom. The van der Waals surface area contributed by atoms with E-state index < -0.39 is 30.4 Å². The fourth-order valence-corrected chi connectivity index (χ4v) is 5.90. The Hall–Kier alpha value is -5.05. The third-order valence-electron chi connectivity index (χ3n) is 8.46. The summed E-state index contributed by atoms with van der Waals surface area (Å²) in [4.78, 5) is 13.4. The molecule has 0 aromatic heterocycles. The van der Waals surface area contributed by atoms with Gasteiger partial charge in [0.25, 0.3) is 0 Å². The number of alkyl carbamates (subject to hydrolysis) is 1. The van der Waals surface area contributed by atoms with Crippen molar-refractivity contribution < 1.29 is 28.5 Å². The Bertz CT molecular complexity index is 1740. The Kier molecular flexibility index (Phi) is 13.0. The smallest absolute Gasteiger partial charge is 0.408 e. The topological polar surface area (TPSA) is 75.3 Å². The van der Waals surface area contributed by atoms with E-state index in [9.17, 15) is 4.79 Å². The minimum atomic E-state index is -0.623. The summed E-state index contributed by atoms with van der Waals surface area (Å²) < 4.78 is 32.1. The van der Waals surface area contributed by atoms with Crippen LogP contribution in [-0.4, -0.2) is 37.1 Å². The van der Waals surface area contributed by atoms with E-state index in [0.717, 1.165) is 33.4 Å². The number of hydrogen-bond acceptors (Lipinski definition) is 6. The number of amides is 1. The summed E-state index contributed by atoms with van der Waals surface area (Å²) in [6.07, 6.45) is -0.334. The quantitative estimate of drug-likeness (QED) is 0.107. The molecule has 1 aliphatic rings. The first-order valence-corrected chi connectivity index (χ1v) is 17.0. The van der Waals surface area contributed by atoms with Crippen LogP contribution >= 0.6 is 0 Å². The molecule has 4 atom stereocenters. The summed E-state index contributed by atoms with van der Waals surface area (Å²) in [5.41, 5.74) is 5.85. The van der Waals surface area contributed by atoms with Crippen LogP contribution in [0.1, 0.15) is 27.8 Å². The summed E-state index contributed by atoms with van der Waals surface area (Å²) in [5, 5.41) is 3.08. The molecule has 0 bridgehead atoms. The van der Waals surface area contributed by atoms with E-state index in [2.05, 4.69) is 5.32 Å². The number of rotatable bonds is 16. The Morgan fingerprint density at radius 3 is 1.34 bits per heavy atom. The first-order chi connectivity index (χ1) is 24.7. The molecule has 1 amide bonds. The largest absolute Gasteiger partial charge is 0.445 e. The molecule has 0 spiro atoms. The number of carbonyl (C=O) groups excluding carboxylic acids is 1. The van der Waals surface area contributed by atoms with Crippen LogP contribution < -0.4 is 5.32 Å². The molecule has 50 heavy (non-hydrogen) atoms. The predicted molar refractivity (Wildman–Crippen MR) is 193 cm³/mol. The van der Waals surface area contributed by atoms with Gasteiger partial charge in [0.2, 0.25) is 0 Å². The first-order valence-electron chi connectivity index (χ1n) is 17.0. The number of ether oxygens (including phenoxy) is 5. The second-order valence-electron chi connectivity index (χ2n) is 12.2. The van der Waals surface area contributed by atoms with E-state index in [1.807, 2.05) is 158 Å². The van der Waals surface area contributed by atoms with E-state index in [4.69, 9.17) is 23.7 Å². The third kappa shape index (κ3) is 10.5. The molecular weight excluding hydrogens is 626 g/mol. The van der Waals surface area contributed by atoms with Crippen molar-refractivity contribution in [2.75, 3.05) is 6.61 Å². The van der Waals surface area contributed by atoms with Gasteiger partial charge in [0.15, 0.2) is 0 Å². The summed E-state index contributed by atoms with van der Waals surface area (Å²) in [6.45, 7) is 1.82. The maximum Gasteiger partial charge on any atom is 0.408 e. The Morgan fingerprint density at radius 1 is 0.460 bits per heavy atom. The van der Waals surface area contributed by atoms with Crippen molar-refractivity contribution in [3.63, 3.8) is 0 Å². The molecule has 7 nitrogen and oxygen atoms in total. The van der Waals surface area contributed by atoms with Crippen molar-refractivity contribution in [2.45, 2.75) is 57.4 Å². The van der Waals surface area contributed by atoms with Gasteiger partial charge in [0.05, 0.1) is 39.1 Å². The van der Waals surface area contributed by atoms with Gasteiger partial charge in [-0.2, -0.15) is 0 Å². The van der Waals surface area contributed by atoms with Crippen molar-refractivity contribution >= 4 is 6.09 Å². The highest BCUT2D eigenvalue weighted by Crippen LogP contribution is 2.31. The fraction of sp³-hybridized carbons (Fsp3) is 0.233. The molecule has 1 N–H and O–H groups in total. The Balaban J connectivity index is 1.31. The van der Waals surface area contributed by atoms with Crippen LogP contribution in [0.4, 0.5) is 4.79 Å². The molecule has 7 heteroatoms. The van der Waals surface area contributed by atoms with E-state index in [1.165, 1.54) is 0 Å². The number of nitrogens with one attached hydrogen (secondary N) is 1. The normalized spacial score (nSPS) is 18.6. The second-order valence-corrected chi connectivity index (χ2v) is 12.2. The minimum absolute atomic E-state index is 0.141. The highest BCUT2D eigenvalue weighted by molar-refractivity contribution is 5.68. The van der Waals surface area contributed by atoms with Gasteiger partial charge in [-0.05, 0) is 33.4 Å². The lowest BCUT2D eigenvalue weighted by Crippen LogP contribution is -2.57. The van der Waals surface area contributed by atoms with E-state index in [0.29, 0.717) is 26.4 Å². The third-order valence-corrected chi connectivity index (χ3v) is 8.46. The predicted octanol–water partition coefficient (Wildman–Crippen LogP) is 8.19. The zero-order chi connectivity index (χ0) is 34.2. The lowest BCUT2D eigenvalue weighted by atomic mass is 9.87. The zero-order valence-electron chi connectivity index (χ0n) is 28.0. The van der Waals surface area contributed by atoms with Gasteiger partial charge < -0.3 is 29.0 Å². The standard InChI is InChI=1S/C43H43NO6/c45-43(50-31-37-24-14-5-15-25-37)44-39-26-38(32-46-27-33-16-6-1-7-17-33)40(47-28-34-18-8-2-9-19-34)42(49-30-36-22-12-4-13-23-36)41(39)48-29-35-20-10-3-11-21-35/h1-26,39-42H,27-32H2,(H,44,45)/t39-,40+,41-,42-/m0/s1. The van der Waals surface area contributed by atoms with Crippen LogP contribution in [0.5, 0.6) is 0 Å². The second kappa shape index (κ2) is 18.6. The van der Waals surface area contributed by atoms with Gasteiger partial charge in [0, 0.05) is 0 Å². The molecule has 1 aliphatic carbocycles. The minimum Gasteiger partial charge on any atom is -0.445 e. The highest BCUT2D eigenvalue weighted by Gasteiger charge is 2.43. The van der Waals surface area contributed by atoms with Crippen LogP contribution in [0.3, 0.4) is 0 Å². The van der Waals surface area contributed by atoms with Gasteiger partial charge in [-0.3, -0.25) is 0 Å². The average Bonchev–Trinajstić information content (AvgIpc) is 3.17. The molecule has 0 saturated carbocycles. The molecule has 0 saturated heterocycles. The average molecular weight is 670 g/mol. The van der Waals surface area contributed by atoms with Crippen LogP contribution in [0.2, 0.25) is 0 Å². The van der Waals surface area contributed by atoms with Gasteiger partial charge in [-0.1, -0.05) is 158 Å². The molecule has 0 radical (unpaired) electrons. The molecule has 5 aromatic carbocycles. The van der Waals surface area contributed by atoms with Crippen molar-refractivity contribution in [1.82, 2.24) is 5.32 Å². The number of benzene rings is 5. The van der Waals surface area contributed by atoms with E-state index in [1.54, 1.807) is 0 Å². The number of carbonyl (C=O) groups is 1. The summed E-state index contributed by atoms with van der Waals surface area (Å²) in [5.74, 6) is 0. The summed E-state index contributed by atoms with van der Waals surface area (Å²) in [7, 11) is 0. The molecule has 6 rings (SSSR count). The summed E-state index contributed by atoms with van der Waals surface area (Å²) in [6, 6.07) is 49.1. The maximum atomic E-state index is 13.4. The molecule has 256 valence electrons. The van der Waals surface area contributed by atoms with Crippen molar-refractivity contribution in [2.24, 2.45) is 0 Å². The molecule has 5 aromatic rings. The van der Waals surface area contributed by atoms with E-state index >= 15 is 0 Å². The Labute approximate surface area is 294 Å². The van der Waals surface area contributed by atoms with E-state index in [-0.39, 0.29) is 13.2 Å². The van der Waals surface area contributed by atoms with Crippen molar-refractivity contribution in [3.8, 4) is 0 Å². The van der Waals surface area contributed by atoms with Gasteiger partial charge >= 0.3 is 6.09 Å². The molecule has 0 aliphatic heterocycles. The first kappa shape index (κ1) is 34.8. The fourth-order valence-electron chi connectivity index (χ4n) is 5.90. The lowest BCUT2D eigenvalue weighted by Gasteiger charge is -2.42. The molecular formula is C43H43NO6. The SMILES string of the molecule is O=C(N[C@H]1C=C(COCc2ccccc2)[C@@H](OCc2ccccc2)[C@H](OCc2ccccc2)[C@H]1OCc1ccccc1)OCc1ccccc1. The van der Waals surface area contributed by atoms with Crippen LogP contribution in [0.15, 0.2) is 163 Å². The van der Waals surface area contributed by atoms with Crippen LogP contribution in [0.25, 0.3) is 0 Å². The van der Waals surface area contributed by atoms with Crippen LogP contribution in [-0.2, 0) is 56.7 Å². The monoisotopic (exact) mass is 669 g/mol. The van der Waals surface area contributed by atoms with Crippen molar-refractivity contribution in [1.29, 1.82) is 0 Å². The highest BCUT2D eigenvalue weighted by atomic mass is 16.6. The number of hydrogen-bond donors (Lipinski definition) is 1. The van der Waals surface area contributed by atoms with Crippen LogP contribution in [0, 0.1) is 0 Å². The molecule has 0 unspecified atom stereocenters. The summed E-state index contributed by atoms with van der Waals surface area (Å²) >= 11 is 0. The van der Waals surface area contributed by atoms with Crippen molar-refractivity contribution in [3.05, 3.63) is 191 Å². The van der Waals surface area contributed by atoms with Gasteiger partial charge in [-0.25, -0.2) is 4.79 Å². The maximum absolute atomic E-state index is 13.4. The molecule has 0 fully saturated rings. The lowest BCUT2D eigenvalue weighted by molar-refractivity contribution is -0.154. The van der Waals surface area contributed by atoms with Gasteiger partial charge in [0.1, 0.15) is 24.9 Å². The molecule has 0 heterocycles. The van der Waals surface area contributed by atoms with Gasteiger partial charge in [-0.15, -0.1) is 0 Å².